The first kappa shape index (κ1) is 27.9. The summed E-state index contributed by atoms with van der Waals surface area (Å²) in [7, 11) is -3.65. The molecule has 1 aromatic rings. The van der Waals surface area contributed by atoms with Crippen molar-refractivity contribution in [3.05, 3.63) is 42.5 Å². The Kier molecular flexibility index (Phi) is 14.8. The van der Waals surface area contributed by atoms with Crippen molar-refractivity contribution in [3.8, 4) is 0 Å². The van der Waals surface area contributed by atoms with Crippen LogP contribution in [0.15, 0.2) is 41.8 Å². The molecule has 0 saturated heterocycles. The number of rotatable bonds is 19. The fourth-order valence-corrected chi connectivity index (χ4v) is 4.88. The van der Waals surface area contributed by atoms with Gasteiger partial charge in [-0.05, 0) is 50.2 Å². The summed E-state index contributed by atoms with van der Waals surface area (Å²) in [6, 6.07) is 6.82. The quantitative estimate of drug-likeness (QED) is 0.121. The zero-order chi connectivity index (χ0) is 23.0. The zero-order valence-corrected chi connectivity index (χ0v) is 21.1. The summed E-state index contributed by atoms with van der Waals surface area (Å²) in [5.74, 6) is 1.00. The average molecular weight is 451 g/mol. The van der Waals surface area contributed by atoms with Crippen LogP contribution < -0.4 is 0 Å². The molecule has 0 bridgehead atoms. The number of unbranched alkanes of at least 4 members (excludes halogenated alkanes) is 8. The highest BCUT2D eigenvalue weighted by Crippen LogP contribution is 2.20. The first-order valence-electron chi connectivity index (χ1n) is 12.4. The summed E-state index contributed by atoms with van der Waals surface area (Å²) in [6.45, 7) is 10.4. The van der Waals surface area contributed by atoms with Gasteiger partial charge in [0.15, 0.2) is 0 Å². The van der Waals surface area contributed by atoms with E-state index in [4.69, 9.17) is 4.18 Å². The summed E-state index contributed by atoms with van der Waals surface area (Å²) in [5.41, 5.74) is 1.04. The minimum atomic E-state index is -3.65. The van der Waals surface area contributed by atoms with E-state index in [0.29, 0.717) is 0 Å². The third-order valence-electron chi connectivity index (χ3n) is 6.07. The molecule has 0 N–H and O–H groups in total. The Morgan fingerprint density at radius 2 is 1.32 bits per heavy atom. The highest BCUT2D eigenvalue weighted by molar-refractivity contribution is 7.86. The lowest BCUT2D eigenvalue weighted by Gasteiger charge is -2.15. The molecular weight excluding hydrogens is 404 g/mol. The van der Waals surface area contributed by atoms with Crippen LogP contribution in [-0.4, -0.2) is 15.0 Å². The van der Waals surface area contributed by atoms with E-state index in [1.54, 1.807) is 24.3 Å². The molecule has 0 amide bonds. The second-order valence-corrected chi connectivity index (χ2v) is 11.0. The molecule has 2 atom stereocenters. The van der Waals surface area contributed by atoms with Gasteiger partial charge in [-0.25, -0.2) is 0 Å². The number of allylic oxidation sites excluding steroid dienone is 1. The molecule has 0 radical (unpaired) electrons. The zero-order valence-electron chi connectivity index (χ0n) is 20.3. The van der Waals surface area contributed by atoms with Crippen LogP contribution in [0, 0.1) is 18.8 Å². The highest BCUT2D eigenvalue weighted by atomic mass is 32.2. The van der Waals surface area contributed by atoms with E-state index in [1.165, 1.54) is 64.2 Å². The van der Waals surface area contributed by atoms with Gasteiger partial charge in [-0.2, -0.15) is 8.42 Å². The molecule has 0 aliphatic carbocycles. The summed E-state index contributed by atoms with van der Waals surface area (Å²) in [6.07, 6.45) is 18.7. The average Bonchev–Trinajstić information content (AvgIpc) is 2.74. The van der Waals surface area contributed by atoms with Crippen molar-refractivity contribution < 1.29 is 12.6 Å². The van der Waals surface area contributed by atoms with Crippen LogP contribution in [0.5, 0.6) is 0 Å². The molecule has 0 heterocycles. The number of benzene rings is 1. The van der Waals surface area contributed by atoms with E-state index in [9.17, 15) is 8.42 Å². The van der Waals surface area contributed by atoms with Crippen LogP contribution in [0.1, 0.15) is 103 Å². The van der Waals surface area contributed by atoms with Crippen molar-refractivity contribution in [3.63, 3.8) is 0 Å². The van der Waals surface area contributed by atoms with Gasteiger partial charge in [0.25, 0.3) is 10.1 Å². The van der Waals surface area contributed by atoms with E-state index < -0.39 is 10.1 Å². The standard InChI is InChI=1S/C27H46O3S/c1-5-6-7-8-9-10-11-12-13-14-16-24(2)17-15-18-26(4)23-30-31(28,29)27-21-19-25(3)20-22-27/h5,19-22,24,26H,1,6-18,23H2,2-4H3/t24-,26+/m1/s1. The van der Waals surface area contributed by atoms with Crippen LogP contribution in [-0.2, 0) is 14.3 Å². The Hall–Kier alpha value is -1.13. The van der Waals surface area contributed by atoms with E-state index >= 15 is 0 Å². The molecule has 0 fully saturated rings. The Morgan fingerprint density at radius 3 is 1.94 bits per heavy atom. The van der Waals surface area contributed by atoms with E-state index in [0.717, 1.165) is 30.7 Å². The van der Waals surface area contributed by atoms with Gasteiger partial charge >= 0.3 is 0 Å². The van der Waals surface area contributed by atoms with Gasteiger partial charge in [0.05, 0.1) is 11.5 Å². The van der Waals surface area contributed by atoms with Crippen molar-refractivity contribution in [2.24, 2.45) is 11.8 Å². The molecule has 1 rings (SSSR count). The summed E-state index contributed by atoms with van der Waals surface area (Å²) >= 11 is 0. The third kappa shape index (κ3) is 13.8. The van der Waals surface area contributed by atoms with Crippen molar-refractivity contribution in [2.45, 2.75) is 109 Å². The van der Waals surface area contributed by atoms with Gasteiger partial charge in [0.1, 0.15) is 0 Å². The Balaban J connectivity index is 2.04. The lowest BCUT2D eigenvalue weighted by molar-refractivity contribution is 0.251. The van der Waals surface area contributed by atoms with Gasteiger partial charge in [-0.15, -0.1) is 6.58 Å². The first-order chi connectivity index (χ1) is 14.8. The Labute approximate surface area is 192 Å². The predicted molar refractivity (Wildman–Crippen MR) is 133 cm³/mol. The van der Waals surface area contributed by atoms with Gasteiger partial charge in [-0.1, -0.05) is 102 Å². The molecule has 178 valence electrons. The maximum atomic E-state index is 12.3. The SMILES string of the molecule is C=CCCCCCCCCCC[C@@H](C)CCC[C@H](C)COS(=O)(=O)c1ccc(C)cc1. The molecule has 0 aliphatic heterocycles. The molecule has 31 heavy (non-hydrogen) atoms. The van der Waals surface area contributed by atoms with Crippen LogP contribution in [0.3, 0.4) is 0 Å². The summed E-state index contributed by atoms with van der Waals surface area (Å²) in [5, 5.41) is 0. The van der Waals surface area contributed by atoms with E-state index in [2.05, 4.69) is 20.4 Å². The third-order valence-corrected chi connectivity index (χ3v) is 7.36. The fourth-order valence-electron chi connectivity index (χ4n) is 3.86. The molecule has 0 aliphatic rings. The smallest absolute Gasteiger partial charge is 0.266 e. The number of hydrogen-bond acceptors (Lipinski definition) is 3. The molecule has 1 aromatic carbocycles. The topological polar surface area (TPSA) is 43.4 Å². The van der Waals surface area contributed by atoms with Crippen LogP contribution in [0.4, 0.5) is 0 Å². The second-order valence-electron chi connectivity index (χ2n) is 9.39. The molecule has 0 unspecified atom stereocenters. The largest absolute Gasteiger partial charge is 0.296 e. The lowest BCUT2D eigenvalue weighted by Crippen LogP contribution is -2.13. The normalized spacial score (nSPS) is 13.8. The van der Waals surface area contributed by atoms with Crippen molar-refractivity contribution in [1.29, 1.82) is 0 Å². The minimum absolute atomic E-state index is 0.242. The monoisotopic (exact) mass is 450 g/mol. The van der Waals surface area contributed by atoms with Crippen LogP contribution >= 0.6 is 0 Å². The molecule has 0 saturated carbocycles. The van der Waals surface area contributed by atoms with Crippen LogP contribution in [0.25, 0.3) is 0 Å². The molecule has 0 spiro atoms. The van der Waals surface area contributed by atoms with Crippen molar-refractivity contribution in [1.82, 2.24) is 0 Å². The molecule has 4 heteroatoms. The molecule has 3 nitrogen and oxygen atoms in total. The second kappa shape index (κ2) is 16.5. The van der Waals surface area contributed by atoms with Gasteiger partial charge in [-0.3, -0.25) is 4.18 Å². The van der Waals surface area contributed by atoms with Crippen LogP contribution in [0.2, 0.25) is 0 Å². The van der Waals surface area contributed by atoms with Crippen molar-refractivity contribution in [2.75, 3.05) is 6.61 Å². The molecular formula is C27H46O3S. The van der Waals surface area contributed by atoms with E-state index in [-0.39, 0.29) is 17.4 Å². The first-order valence-corrected chi connectivity index (χ1v) is 13.8. The fraction of sp³-hybridized carbons (Fsp3) is 0.704. The highest BCUT2D eigenvalue weighted by Gasteiger charge is 2.16. The lowest BCUT2D eigenvalue weighted by atomic mass is 9.94. The molecule has 0 aromatic heterocycles. The van der Waals surface area contributed by atoms with E-state index in [1.807, 2.05) is 13.0 Å². The Morgan fingerprint density at radius 1 is 0.806 bits per heavy atom. The summed E-state index contributed by atoms with van der Waals surface area (Å²) < 4.78 is 29.8. The number of hydrogen-bond donors (Lipinski definition) is 0. The number of aryl methyl sites for hydroxylation is 1. The maximum absolute atomic E-state index is 12.3. The summed E-state index contributed by atoms with van der Waals surface area (Å²) in [4.78, 5) is 0.242. The Bertz CT molecular complexity index is 679. The predicted octanol–water partition coefficient (Wildman–Crippen LogP) is 8.23. The van der Waals surface area contributed by atoms with Gasteiger partial charge in [0, 0.05) is 0 Å². The van der Waals surface area contributed by atoms with Crippen molar-refractivity contribution >= 4 is 10.1 Å². The van der Waals surface area contributed by atoms with Gasteiger partial charge in [0.2, 0.25) is 0 Å². The van der Waals surface area contributed by atoms with Gasteiger partial charge < -0.3 is 0 Å². The minimum Gasteiger partial charge on any atom is -0.266 e. The maximum Gasteiger partial charge on any atom is 0.296 e.